The highest BCUT2D eigenvalue weighted by Crippen LogP contribution is 2.22. The van der Waals surface area contributed by atoms with Crippen molar-refractivity contribution in [3.8, 4) is 0 Å². The predicted octanol–water partition coefficient (Wildman–Crippen LogP) is 2.67. The standard InChI is InChI=1S/C9H11ClN2/c1-9(2,11-3)7-5-4-6-8(10)12-7/h4-6H,3H2,1-2H3. The van der Waals surface area contributed by atoms with Gasteiger partial charge in [-0.1, -0.05) is 17.7 Å². The van der Waals surface area contributed by atoms with Gasteiger partial charge in [0.15, 0.2) is 0 Å². The Kier molecular flexibility index (Phi) is 2.48. The van der Waals surface area contributed by atoms with Crippen molar-refractivity contribution in [3.05, 3.63) is 29.0 Å². The second-order valence-electron chi connectivity index (χ2n) is 3.06. The molecule has 0 amide bonds. The maximum atomic E-state index is 5.73. The highest BCUT2D eigenvalue weighted by atomic mass is 35.5. The molecule has 1 aromatic rings. The van der Waals surface area contributed by atoms with E-state index in [1.807, 2.05) is 26.0 Å². The van der Waals surface area contributed by atoms with Crippen LogP contribution in [-0.2, 0) is 5.54 Å². The normalized spacial score (nSPS) is 11.2. The zero-order valence-corrected chi connectivity index (χ0v) is 7.97. The summed E-state index contributed by atoms with van der Waals surface area (Å²) in [6.45, 7) is 7.39. The molecule has 1 aromatic heterocycles. The predicted molar refractivity (Wildman–Crippen MR) is 51.8 cm³/mol. The van der Waals surface area contributed by atoms with Gasteiger partial charge in [0.1, 0.15) is 5.15 Å². The third-order valence-electron chi connectivity index (χ3n) is 1.74. The molecule has 0 saturated heterocycles. The van der Waals surface area contributed by atoms with Crippen molar-refractivity contribution >= 4 is 18.3 Å². The van der Waals surface area contributed by atoms with Gasteiger partial charge >= 0.3 is 0 Å². The molecule has 0 unspecified atom stereocenters. The molecule has 0 bridgehead atoms. The zero-order valence-electron chi connectivity index (χ0n) is 7.21. The molecule has 0 aromatic carbocycles. The molecule has 1 rings (SSSR count). The maximum Gasteiger partial charge on any atom is 0.129 e. The minimum absolute atomic E-state index is 0.356. The number of rotatable bonds is 2. The topological polar surface area (TPSA) is 25.2 Å². The van der Waals surface area contributed by atoms with Crippen LogP contribution in [0.15, 0.2) is 23.2 Å². The Bertz CT molecular complexity index is 294. The number of halogens is 1. The van der Waals surface area contributed by atoms with Crippen LogP contribution < -0.4 is 0 Å². The van der Waals surface area contributed by atoms with E-state index in [4.69, 9.17) is 11.6 Å². The van der Waals surface area contributed by atoms with Crippen LogP contribution in [0.5, 0.6) is 0 Å². The summed E-state index contributed by atoms with van der Waals surface area (Å²) in [5.74, 6) is 0. The Morgan fingerprint density at radius 1 is 1.50 bits per heavy atom. The summed E-state index contributed by atoms with van der Waals surface area (Å²) >= 11 is 5.73. The summed E-state index contributed by atoms with van der Waals surface area (Å²) in [5.41, 5.74) is 0.482. The highest BCUT2D eigenvalue weighted by Gasteiger charge is 2.18. The van der Waals surface area contributed by atoms with Gasteiger partial charge in [-0.15, -0.1) is 0 Å². The summed E-state index contributed by atoms with van der Waals surface area (Å²) in [6.07, 6.45) is 0. The first-order valence-electron chi connectivity index (χ1n) is 3.67. The Morgan fingerprint density at radius 2 is 2.17 bits per heavy atom. The van der Waals surface area contributed by atoms with Gasteiger partial charge in [-0.3, -0.25) is 4.99 Å². The molecule has 12 heavy (non-hydrogen) atoms. The Hall–Kier alpha value is -0.890. The second-order valence-corrected chi connectivity index (χ2v) is 3.45. The fraction of sp³-hybridized carbons (Fsp3) is 0.333. The van der Waals surface area contributed by atoms with E-state index in [9.17, 15) is 0 Å². The van der Waals surface area contributed by atoms with Gasteiger partial charge in [0.2, 0.25) is 0 Å². The quantitative estimate of drug-likeness (QED) is 0.510. The third-order valence-corrected chi connectivity index (χ3v) is 1.95. The monoisotopic (exact) mass is 182 g/mol. The van der Waals surface area contributed by atoms with Crippen LogP contribution in [0.25, 0.3) is 0 Å². The van der Waals surface area contributed by atoms with Crippen molar-refractivity contribution in [1.29, 1.82) is 0 Å². The van der Waals surface area contributed by atoms with Crippen LogP contribution in [0.3, 0.4) is 0 Å². The Labute approximate surface area is 77.3 Å². The average molecular weight is 183 g/mol. The molecule has 0 radical (unpaired) electrons. The van der Waals surface area contributed by atoms with Gasteiger partial charge in [-0.2, -0.15) is 0 Å². The Balaban J connectivity index is 3.11. The average Bonchev–Trinajstić information content (AvgIpc) is 2.05. The lowest BCUT2D eigenvalue weighted by atomic mass is 10.0. The lowest BCUT2D eigenvalue weighted by Crippen LogP contribution is -2.14. The van der Waals surface area contributed by atoms with E-state index < -0.39 is 0 Å². The van der Waals surface area contributed by atoms with Crippen LogP contribution in [-0.4, -0.2) is 11.7 Å². The largest absolute Gasteiger partial charge is 0.288 e. The molecule has 0 aliphatic rings. The van der Waals surface area contributed by atoms with E-state index in [-0.39, 0.29) is 5.54 Å². The molecule has 2 nitrogen and oxygen atoms in total. The third kappa shape index (κ3) is 1.83. The van der Waals surface area contributed by atoms with E-state index in [1.54, 1.807) is 6.07 Å². The zero-order chi connectivity index (χ0) is 9.19. The molecule has 0 aliphatic heterocycles. The number of hydrogen-bond acceptors (Lipinski definition) is 2. The summed E-state index contributed by atoms with van der Waals surface area (Å²) in [7, 11) is 0. The highest BCUT2D eigenvalue weighted by molar-refractivity contribution is 6.29. The molecule has 0 atom stereocenters. The summed E-state index contributed by atoms with van der Waals surface area (Å²) in [4.78, 5) is 8.11. The number of nitrogens with zero attached hydrogens (tertiary/aromatic N) is 2. The van der Waals surface area contributed by atoms with Gasteiger partial charge in [-0.05, 0) is 32.7 Å². The van der Waals surface area contributed by atoms with Crippen LogP contribution in [0.4, 0.5) is 0 Å². The fourth-order valence-electron chi connectivity index (χ4n) is 0.830. The van der Waals surface area contributed by atoms with Gasteiger partial charge < -0.3 is 0 Å². The van der Waals surface area contributed by atoms with Crippen molar-refractivity contribution < 1.29 is 0 Å². The van der Waals surface area contributed by atoms with Crippen molar-refractivity contribution in [3.63, 3.8) is 0 Å². The SMILES string of the molecule is C=NC(C)(C)c1cccc(Cl)n1. The molecule has 0 fully saturated rings. The number of pyridine rings is 1. The summed E-state index contributed by atoms with van der Waals surface area (Å²) in [6, 6.07) is 5.49. The van der Waals surface area contributed by atoms with E-state index in [1.165, 1.54) is 0 Å². The van der Waals surface area contributed by atoms with Crippen LogP contribution in [0, 0.1) is 0 Å². The smallest absolute Gasteiger partial charge is 0.129 e. The summed E-state index contributed by atoms with van der Waals surface area (Å²) in [5, 5.41) is 0.490. The number of aromatic nitrogens is 1. The first kappa shape index (κ1) is 9.20. The van der Waals surface area contributed by atoms with Gasteiger partial charge in [-0.25, -0.2) is 4.98 Å². The van der Waals surface area contributed by atoms with Gasteiger partial charge in [0.05, 0.1) is 11.2 Å². The van der Waals surface area contributed by atoms with Crippen molar-refractivity contribution in [2.45, 2.75) is 19.4 Å². The van der Waals surface area contributed by atoms with E-state index in [0.717, 1.165) is 5.69 Å². The molecular weight excluding hydrogens is 172 g/mol. The lowest BCUT2D eigenvalue weighted by molar-refractivity contribution is 0.543. The molecule has 64 valence electrons. The number of hydrogen-bond donors (Lipinski definition) is 0. The van der Waals surface area contributed by atoms with E-state index >= 15 is 0 Å². The van der Waals surface area contributed by atoms with Gasteiger partial charge in [0, 0.05) is 0 Å². The fourth-order valence-corrected chi connectivity index (χ4v) is 0.994. The first-order chi connectivity index (χ1) is 5.56. The van der Waals surface area contributed by atoms with Crippen LogP contribution >= 0.6 is 11.6 Å². The van der Waals surface area contributed by atoms with Crippen molar-refractivity contribution in [2.75, 3.05) is 0 Å². The molecule has 0 N–H and O–H groups in total. The van der Waals surface area contributed by atoms with Crippen LogP contribution in [0.1, 0.15) is 19.5 Å². The maximum absolute atomic E-state index is 5.73. The second kappa shape index (κ2) is 3.23. The molecule has 1 heterocycles. The minimum atomic E-state index is -0.356. The van der Waals surface area contributed by atoms with E-state index in [2.05, 4.69) is 16.7 Å². The molecular formula is C9H11ClN2. The van der Waals surface area contributed by atoms with E-state index in [0.29, 0.717) is 5.15 Å². The van der Waals surface area contributed by atoms with Gasteiger partial charge in [0.25, 0.3) is 0 Å². The van der Waals surface area contributed by atoms with Crippen molar-refractivity contribution in [2.24, 2.45) is 4.99 Å². The first-order valence-corrected chi connectivity index (χ1v) is 4.05. The summed E-state index contributed by atoms with van der Waals surface area (Å²) < 4.78 is 0. The lowest BCUT2D eigenvalue weighted by Gasteiger charge is -2.17. The molecule has 0 saturated carbocycles. The van der Waals surface area contributed by atoms with Crippen LogP contribution in [0.2, 0.25) is 5.15 Å². The Morgan fingerprint density at radius 3 is 2.67 bits per heavy atom. The molecule has 0 spiro atoms. The van der Waals surface area contributed by atoms with Crippen molar-refractivity contribution in [1.82, 2.24) is 4.98 Å². The minimum Gasteiger partial charge on any atom is -0.288 e. The molecule has 3 heteroatoms. The molecule has 0 aliphatic carbocycles. The number of aliphatic imine (C=N–C) groups is 1.